The van der Waals surface area contributed by atoms with Crippen LogP contribution in [-0.2, 0) is 4.74 Å². The van der Waals surface area contributed by atoms with Gasteiger partial charge < -0.3 is 25.4 Å². The number of hydrogen-bond donors (Lipinski definition) is 4. The maximum Gasteiger partial charge on any atom is 0.184 e. The molecule has 0 aliphatic carbocycles. The van der Waals surface area contributed by atoms with Crippen LogP contribution in [0.25, 0.3) is 0 Å². The molecule has 1 aromatic heterocycles. The first-order valence-electron chi connectivity index (χ1n) is 5.36. The van der Waals surface area contributed by atoms with Gasteiger partial charge in [0.15, 0.2) is 5.13 Å². The quantitative estimate of drug-likeness (QED) is 0.551. The van der Waals surface area contributed by atoms with Crippen molar-refractivity contribution in [3.63, 3.8) is 0 Å². The first kappa shape index (κ1) is 13.2. The van der Waals surface area contributed by atoms with Crippen molar-refractivity contribution in [3.05, 3.63) is 11.1 Å². The molecular formula is C10H13N3O4S. The number of nitriles is 1. The summed E-state index contributed by atoms with van der Waals surface area (Å²) in [5.41, 5.74) is 0. The number of nitrogens with zero attached hydrogens (tertiary/aromatic N) is 2. The van der Waals surface area contributed by atoms with Gasteiger partial charge in [0.25, 0.3) is 0 Å². The summed E-state index contributed by atoms with van der Waals surface area (Å²) in [6.45, 7) is -0.203. The van der Waals surface area contributed by atoms with E-state index in [-0.39, 0.29) is 13.2 Å². The molecule has 0 saturated carbocycles. The van der Waals surface area contributed by atoms with Crippen molar-refractivity contribution in [1.82, 2.24) is 4.98 Å². The molecule has 0 aromatic carbocycles. The molecule has 8 heteroatoms. The number of rotatable bonds is 3. The van der Waals surface area contributed by atoms with Crippen LogP contribution in [0.4, 0.5) is 5.13 Å². The molecule has 0 unspecified atom stereocenters. The number of aliphatic hydroxyl groups is 3. The molecule has 1 saturated heterocycles. The summed E-state index contributed by atoms with van der Waals surface area (Å²) in [7, 11) is 0. The summed E-state index contributed by atoms with van der Waals surface area (Å²) >= 11 is 1.16. The molecule has 1 aliphatic heterocycles. The van der Waals surface area contributed by atoms with Crippen molar-refractivity contribution in [2.24, 2.45) is 0 Å². The highest BCUT2D eigenvalue weighted by Crippen LogP contribution is 2.22. The van der Waals surface area contributed by atoms with E-state index >= 15 is 0 Å². The molecule has 7 nitrogen and oxygen atoms in total. The smallest absolute Gasteiger partial charge is 0.184 e. The van der Waals surface area contributed by atoms with E-state index in [9.17, 15) is 10.2 Å². The molecule has 1 fully saturated rings. The minimum atomic E-state index is -1.16. The minimum absolute atomic E-state index is 0.144. The fourth-order valence-corrected chi connectivity index (χ4v) is 2.40. The number of ether oxygens (including phenoxy) is 1. The summed E-state index contributed by atoms with van der Waals surface area (Å²) in [6, 6.07) is 1.43. The standard InChI is InChI=1S/C10H13N3O4S/c11-1-5-2-12-10(18-5)13-6-4-17-7(3-14)9(16)8(6)15/h2,6-9,14-16H,3-4H2,(H,12,13)/t6-,7+,8+,9-/m0/s1. The van der Waals surface area contributed by atoms with Crippen LogP contribution in [0.5, 0.6) is 0 Å². The van der Waals surface area contributed by atoms with E-state index in [1.165, 1.54) is 6.20 Å². The van der Waals surface area contributed by atoms with Gasteiger partial charge in [0.05, 0.1) is 25.5 Å². The highest BCUT2D eigenvalue weighted by molar-refractivity contribution is 7.16. The zero-order chi connectivity index (χ0) is 13.1. The Morgan fingerprint density at radius 3 is 2.94 bits per heavy atom. The lowest BCUT2D eigenvalue weighted by Crippen LogP contribution is -2.56. The van der Waals surface area contributed by atoms with Gasteiger partial charge in [-0.3, -0.25) is 0 Å². The lowest BCUT2D eigenvalue weighted by Gasteiger charge is -2.37. The van der Waals surface area contributed by atoms with Gasteiger partial charge in [-0.25, -0.2) is 4.98 Å². The summed E-state index contributed by atoms with van der Waals surface area (Å²) in [5.74, 6) is 0. The van der Waals surface area contributed by atoms with E-state index in [2.05, 4.69) is 10.3 Å². The number of anilines is 1. The first-order valence-corrected chi connectivity index (χ1v) is 6.18. The molecule has 0 bridgehead atoms. The summed E-state index contributed by atoms with van der Waals surface area (Å²) < 4.78 is 5.22. The van der Waals surface area contributed by atoms with Gasteiger partial charge in [-0.2, -0.15) is 5.26 Å². The highest BCUT2D eigenvalue weighted by atomic mass is 32.1. The van der Waals surface area contributed by atoms with Crippen LogP contribution in [0.15, 0.2) is 6.20 Å². The fourth-order valence-electron chi connectivity index (χ4n) is 1.72. The maximum absolute atomic E-state index is 9.87. The number of thiazole rings is 1. The molecule has 98 valence electrons. The number of nitrogens with one attached hydrogen (secondary N) is 1. The Morgan fingerprint density at radius 1 is 1.56 bits per heavy atom. The van der Waals surface area contributed by atoms with Crippen molar-refractivity contribution < 1.29 is 20.1 Å². The number of aromatic nitrogens is 1. The van der Waals surface area contributed by atoms with Crippen LogP contribution >= 0.6 is 11.3 Å². The van der Waals surface area contributed by atoms with Gasteiger partial charge >= 0.3 is 0 Å². The van der Waals surface area contributed by atoms with Crippen molar-refractivity contribution in [2.75, 3.05) is 18.5 Å². The molecule has 1 aliphatic rings. The van der Waals surface area contributed by atoms with Crippen LogP contribution in [0.1, 0.15) is 4.88 Å². The molecule has 4 N–H and O–H groups in total. The maximum atomic E-state index is 9.87. The molecule has 4 atom stereocenters. The Labute approximate surface area is 107 Å². The van der Waals surface area contributed by atoms with E-state index in [0.717, 1.165) is 11.3 Å². The minimum Gasteiger partial charge on any atom is -0.394 e. The summed E-state index contributed by atoms with van der Waals surface area (Å²) in [5, 5.41) is 40.5. The molecule has 1 aromatic rings. The molecule has 2 heterocycles. The molecule has 0 spiro atoms. The molecular weight excluding hydrogens is 258 g/mol. The Bertz CT molecular complexity index is 447. The second-order valence-electron chi connectivity index (χ2n) is 3.93. The Kier molecular flexibility index (Phi) is 4.11. The van der Waals surface area contributed by atoms with Crippen LogP contribution in [-0.4, -0.2) is 57.9 Å². The molecule has 2 rings (SSSR count). The second kappa shape index (κ2) is 5.60. The highest BCUT2D eigenvalue weighted by Gasteiger charge is 2.38. The van der Waals surface area contributed by atoms with Crippen molar-refractivity contribution >= 4 is 16.5 Å². The number of aliphatic hydroxyl groups excluding tert-OH is 3. The van der Waals surface area contributed by atoms with Crippen molar-refractivity contribution in [2.45, 2.75) is 24.4 Å². The van der Waals surface area contributed by atoms with Crippen LogP contribution < -0.4 is 5.32 Å². The lowest BCUT2D eigenvalue weighted by molar-refractivity contribution is -0.152. The van der Waals surface area contributed by atoms with Gasteiger partial charge in [0.1, 0.15) is 29.3 Å². The lowest BCUT2D eigenvalue weighted by atomic mass is 9.99. The normalized spacial score (nSPS) is 31.9. The van der Waals surface area contributed by atoms with E-state index < -0.39 is 24.4 Å². The summed E-state index contributed by atoms with van der Waals surface area (Å²) in [4.78, 5) is 4.42. The SMILES string of the molecule is N#Cc1cnc(N[C@H]2CO[C@H](CO)[C@H](O)[C@@H]2O)s1. The monoisotopic (exact) mass is 271 g/mol. The average Bonchev–Trinajstić information content (AvgIpc) is 2.83. The molecule has 0 amide bonds. The Hall–Kier alpha value is -1.24. The fraction of sp³-hybridized carbons (Fsp3) is 0.600. The van der Waals surface area contributed by atoms with E-state index in [1.54, 1.807) is 0 Å². The topological polar surface area (TPSA) is 119 Å². The predicted octanol–water partition coefficient (Wildman–Crippen LogP) is -1.09. The van der Waals surface area contributed by atoms with Crippen LogP contribution in [0.2, 0.25) is 0 Å². The summed E-state index contributed by atoms with van der Waals surface area (Å²) in [6.07, 6.45) is -1.57. The van der Waals surface area contributed by atoms with Gasteiger partial charge in [-0.05, 0) is 0 Å². The largest absolute Gasteiger partial charge is 0.394 e. The zero-order valence-corrected chi connectivity index (χ0v) is 10.2. The van der Waals surface area contributed by atoms with Crippen molar-refractivity contribution in [1.29, 1.82) is 5.26 Å². The van der Waals surface area contributed by atoms with E-state index in [4.69, 9.17) is 15.1 Å². The van der Waals surface area contributed by atoms with E-state index in [1.807, 2.05) is 6.07 Å². The first-order chi connectivity index (χ1) is 8.65. The Morgan fingerprint density at radius 2 is 2.33 bits per heavy atom. The Balaban J connectivity index is 2.00. The number of hydrogen-bond acceptors (Lipinski definition) is 8. The van der Waals surface area contributed by atoms with Gasteiger partial charge in [-0.15, -0.1) is 0 Å². The van der Waals surface area contributed by atoms with Gasteiger partial charge in [0, 0.05) is 0 Å². The van der Waals surface area contributed by atoms with Gasteiger partial charge in [0.2, 0.25) is 0 Å². The third-order valence-electron chi connectivity index (χ3n) is 2.74. The van der Waals surface area contributed by atoms with Gasteiger partial charge in [-0.1, -0.05) is 11.3 Å². The van der Waals surface area contributed by atoms with Crippen molar-refractivity contribution in [3.8, 4) is 6.07 Å². The molecule has 0 radical (unpaired) electrons. The molecule has 18 heavy (non-hydrogen) atoms. The van der Waals surface area contributed by atoms with E-state index in [0.29, 0.717) is 10.0 Å². The average molecular weight is 271 g/mol. The predicted molar refractivity (Wildman–Crippen MR) is 63.1 cm³/mol. The third kappa shape index (κ3) is 2.60. The second-order valence-corrected chi connectivity index (χ2v) is 4.96. The van der Waals surface area contributed by atoms with Crippen LogP contribution in [0, 0.1) is 11.3 Å². The zero-order valence-electron chi connectivity index (χ0n) is 9.35. The van der Waals surface area contributed by atoms with Crippen LogP contribution in [0.3, 0.4) is 0 Å². The third-order valence-corrected chi connectivity index (χ3v) is 3.57.